The minimum atomic E-state index is -0.533. The number of amides is 1. The van der Waals surface area contributed by atoms with Crippen LogP contribution in [0.4, 0.5) is 4.79 Å². The average Bonchev–Trinajstić information content (AvgIpc) is 2.98. The summed E-state index contributed by atoms with van der Waals surface area (Å²) < 4.78 is 17.0. The molecule has 2 aliphatic carbocycles. The first-order valence-corrected chi connectivity index (χ1v) is 9.14. The standard InChI is InChI=1S/C20H21NO5/c1-3-25-19(23)21-9-8-20-12-5-6-14(22)18(20)26-17-15(24-2)7-4-11(16(17)20)10-13(12)21/h4-7,12-13,18H,3,8-10H2,1-2H3/t12-,13+,18-,20-/m0/s1. The van der Waals surface area contributed by atoms with E-state index in [1.807, 2.05) is 30.0 Å². The molecule has 1 aromatic carbocycles. The Hall–Kier alpha value is -2.50. The summed E-state index contributed by atoms with van der Waals surface area (Å²) in [6.45, 7) is 2.74. The Morgan fingerprint density at radius 3 is 3.04 bits per heavy atom. The number of nitrogens with zero attached hydrogens (tertiary/aromatic N) is 1. The third-order valence-electron chi connectivity index (χ3n) is 6.43. The molecule has 2 aliphatic heterocycles. The molecule has 2 heterocycles. The maximum atomic E-state index is 12.7. The number of methoxy groups -OCH3 is 1. The molecular weight excluding hydrogens is 334 g/mol. The lowest BCUT2D eigenvalue weighted by molar-refractivity contribution is -0.127. The van der Waals surface area contributed by atoms with Gasteiger partial charge in [-0.2, -0.15) is 0 Å². The summed E-state index contributed by atoms with van der Waals surface area (Å²) in [4.78, 5) is 27.0. The van der Waals surface area contributed by atoms with Gasteiger partial charge in [0.05, 0.1) is 19.1 Å². The van der Waals surface area contributed by atoms with Crippen LogP contribution in [0.1, 0.15) is 24.5 Å². The summed E-state index contributed by atoms with van der Waals surface area (Å²) >= 11 is 0. The Bertz CT molecular complexity index is 847. The van der Waals surface area contributed by atoms with E-state index in [2.05, 4.69) is 0 Å². The normalized spacial score (nSPS) is 32.8. The van der Waals surface area contributed by atoms with E-state index in [-0.39, 0.29) is 23.8 Å². The fourth-order valence-electron chi connectivity index (χ4n) is 5.48. The van der Waals surface area contributed by atoms with E-state index in [0.717, 1.165) is 17.5 Å². The quantitative estimate of drug-likeness (QED) is 0.814. The summed E-state index contributed by atoms with van der Waals surface area (Å²) in [5.74, 6) is 1.42. The van der Waals surface area contributed by atoms with E-state index < -0.39 is 11.5 Å². The van der Waals surface area contributed by atoms with Crippen LogP contribution < -0.4 is 9.47 Å². The van der Waals surface area contributed by atoms with Crippen molar-refractivity contribution >= 4 is 11.9 Å². The molecule has 0 aromatic heterocycles. The highest BCUT2D eigenvalue weighted by atomic mass is 16.6. The summed E-state index contributed by atoms with van der Waals surface area (Å²) in [5.41, 5.74) is 1.85. The van der Waals surface area contributed by atoms with Gasteiger partial charge < -0.3 is 19.1 Å². The van der Waals surface area contributed by atoms with Crippen molar-refractivity contribution in [3.8, 4) is 11.5 Å². The third-order valence-corrected chi connectivity index (χ3v) is 6.43. The Morgan fingerprint density at radius 2 is 2.27 bits per heavy atom. The van der Waals surface area contributed by atoms with Crippen LogP contribution in [0.3, 0.4) is 0 Å². The molecule has 1 aromatic rings. The van der Waals surface area contributed by atoms with Gasteiger partial charge in [-0.15, -0.1) is 0 Å². The van der Waals surface area contributed by atoms with Crippen molar-refractivity contribution in [1.82, 2.24) is 4.90 Å². The maximum Gasteiger partial charge on any atom is 0.410 e. The van der Waals surface area contributed by atoms with Gasteiger partial charge in [0, 0.05) is 24.1 Å². The molecule has 1 amide bonds. The van der Waals surface area contributed by atoms with Crippen LogP contribution in [-0.2, 0) is 21.4 Å². The fraction of sp³-hybridized carbons (Fsp3) is 0.500. The summed E-state index contributed by atoms with van der Waals surface area (Å²) in [7, 11) is 1.62. The van der Waals surface area contributed by atoms with Crippen molar-refractivity contribution in [3.05, 3.63) is 35.4 Å². The van der Waals surface area contributed by atoms with Crippen LogP contribution in [0.5, 0.6) is 11.5 Å². The zero-order chi connectivity index (χ0) is 18.1. The van der Waals surface area contributed by atoms with Crippen molar-refractivity contribution in [2.45, 2.75) is 37.3 Å². The largest absolute Gasteiger partial charge is 0.493 e. The van der Waals surface area contributed by atoms with Gasteiger partial charge >= 0.3 is 6.09 Å². The summed E-state index contributed by atoms with van der Waals surface area (Å²) in [5, 5.41) is 0. The number of carbonyl (C=O) groups excluding carboxylic acids is 2. The second-order valence-electron chi connectivity index (χ2n) is 7.37. The molecule has 6 heteroatoms. The molecule has 4 aliphatic rings. The SMILES string of the molecule is CCOC(=O)N1CC[C@]23c4c5ccc(OC)c4O[C@H]2C(=O)C=C[C@H]3[C@H]1C5. The van der Waals surface area contributed by atoms with E-state index in [9.17, 15) is 9.59 Å². The second-order valence-corrected chi connectivity index (χ2v) is 7.37. The lowest BCUT2D eigenvalue weighted by Crippen LogP contribution is -2.65. The topological polar surface area (TPSA) is 65.1 Å². The first kappa shape index (κ1) is 15.7. The number of ether oxygens (including phenoxy) is 3. The molecule has 1 fully saturated rings. The van der Waals surface area contributed by atoms with Crippen molar-refractivity contribution in [1.29, 1.82) is 0 Å². The van der Waals surface area contributed by atoms with Crippen LogP contribution in [-0.4, -0.2) is 49.2 Å². The van der Waals surface area contributed by atoms with E-state index in [0.29, 0.717) is 31.1 Å². The van der Waals surface area contributed by atoms with E-state index in [1.54, 1.807) is 13.2 Å². The van der Waals surface area contributed by atoms with Crippen molar-refractivity contribution in [2.24, 2.45) is 5.92 Å². The molecule has 4 atom stereocenters. The molecule has 6 nitrogen and oxygen atoms in total. The van der Waals surface area contributed by atoms with E-state index >= 15 is 0 Å². The molecule has 0 radical (unpaired) electrons. The predicted octanol–water partition coefficient (Wildman–Crippen LogP) is 2.24. The zero-order valence-electron chi connectivity index (χ0n) is 14.9. The Kier molecular flexibility index (Phi) is 3.18. The van der Waals surface area contributed by atoms with Gasteiger partial charge in [-0.05, 0) is 37.5 Å². The third kappa shape index (κ3) is 1.72. The van der Waals surface area contributed by atoms with Gasteiger partial charge in [0.15, 0.2) is 23.4 Å². The van der Waals surface area contributed by atoms with Gasteiger partial charge in [-0.3, -0.25) is 4.79 Å². The van der Waals surface area contributed by atoms with Crippen LogP contribution in [0, 0.1) is 5.92 Å². The highest BCUT2D eigenvalue weighted by molar-refractivity contribution is 5.98. The van der Waals surface area contributed by atoms with Gasteiger partial charge in [0.2, 0.25) is 0 Å². The number of rotatable bonds is 2. The lowest BCUT2D eigenvalue weighted by Gasteiger charge is -2.55. The molecule has 136 valence electrons. The summed E-state index contributed by atoms with van der Waals surface area (Å²) in [6.07, 6.45) is 4.21. The molecule has 1 saturated heterocycles. The van der Waals surface area contributed by atoms with Crippen LogP contribution in [0.25, 0.3) is 0 Å². The van der Waals surface area contributed by atoms with Crippen LogP contribution in [0.2, 0.25) is 0 Å². The molecule has 0 N–H and O–H groups in total. The predicted molar refractivity (Wildman–Crippen MR) is 92.6 cm³/mol. The highest BCUT2D eigenvalue weighted by Gasteiger charge is 2.65. The van der Waals surface area contributed by atoms with Gasteiger partial charge in [0.25, 0.3) is 0 Å². The monoisotopic (exact) mass is 355 g/mol. The fourth-order valence-corrected chi connectivity index (χ4v) is 5.48. The molecule has 1 spiro atoms. The number of benzene rings is 1. The molecule has 0 saturated carbocycles. The first-order chi connectivity index (χ1) is 12.6. The summed E-state index contributed by atoms with van der Waals surface area (Å²) in [6, 6.07) is 3.92. The molecule has 26 heavy (non-hydrogen) atoms. The number of piperidine rings is 1. The van der Waals surface area contributed by atoms with Crippen molar-refractivity contribution < 1.29 is 23.8 Å². The lowest BCUT2D eigenvalue weighted by atomic mass is 9.53. The maximum absolute atomic E-state index is 12.7. The van der Waals surface area contributed by atoms with Crippen molar-refractivity contribution in [2.75, 3.05) is 20.3 Å². The first-order valence-electron chi connectivity index (χ1n) is 9.14. The number of likely N-dealkylation sites (tertiary alicyclic amines) is 1. The Labute approximate surface area is 151 Å². The molecule has 0 unspecified atom stereocenters. The minimum Gasteiger partial charge on any atom is -0.493 e. The zero-order valence-corrected chi connectivity index (χ0v) is 14.9. The molecule has 5 rings (SSSR count). The van der Waals surface area contributed by atoms with Crippen LogP contribution in [0.15, 0.2) is 24.3 Å². The number of ketones is 1. The number of hydrogen-bond acceptors (Lipinski definition) is 5. The average molecular weight is 355 g/mol. The van der Waals surface area contributed by atoms with E-state index in [4.69, 9.17) is 14.2 Å². The van der Waals surface area contributed by atoms with Gasteiger partial charge in [0.1, 0.15) is 0 Å². The van der Waals surface area contributed by atoms with Gasteiger partial charge in [-0.25, -0.2) is 4.79 Å². The van der Waals surface area contributed by atoms with Gasteiger partial charge in [-0.1, -0.05) is 12.1 Å². The number of hydrogen-bond donors (Lipinski definition) is 0. The van der Waals surface area contributed by atoms with E-state index in [1.165, 1.54) is 0 Å². The number of carbonyl (C=O) groups is 2. The second kappa shape index (κ2) is 5.25. The Morgan fingerprint density at radius 1 is 1.42 bits per heavy atom. The molecular formula is C20H21NO5. The van der Waals surface area contributed by atoms with Crippen LogP contribution >= 0.6 is 0 Å². The smallest absolute Gasteiger partial charge is 0.410 e. The Balaban J connectivity index is 1.70. The highest BCUT2D eigenvalue weighted by Crippen LogP contribution is 2.62. The minimum absolute atomic E-state index is 0.00399. The van der Waals surface area contributed by atoms with Crippen molar-refractivity contribution in [3.63, 3.8) is 0 Å². The molecule has 2 bridgehead atoms.